The number of nitrogens with two attached hydrogens (primary N) is 2. The van der Waals surface area contributed by atoms with Crippen molar-refractivity contribution in [3.63, 3.8) is 0 Å². The molecule has 7 unspecified atom stereocenters. The first-order valence-corrected chi connectivity index (χ1v) is 15.5. The van der Waals surface area contributed by atoms with Gasteiger partial charge in [0.2, 0.25) is 23.6 Å². The lowest BCUT2D eigenvalue weighted by atomic mass is 10.0. The second-order valence-electron chi connectivity index (χ2n) is 11.6. The van der Waals surface area contributed by atoms with Gasteiger partial charge in [0, 0.05) is 24.0 Å². The zero-order chi connectivity index (χ0) is 36.7. The van der Waals surface area contributed by atoms with Gasteiger partial charge >= 0.3 is 5.97 Å². The monoisotopic (exact) mass is 708 g/mol. The van der Waals surface area contributed by atoms with E-state index in [0.717, 1.165) is 0 Å². The van der Waals surface area contributed by atoms with Gasteiger partial charge in [-0.1, -0.05) is 35.4 Å². The third-order valence-corrected chi connectivity index (χ3v) is 8.22. The number of hydrogen-bond acceptors (Lipinski definition) is 11. The number of fused-ring (bicyclic) bond motifs is 1. The summed E-state index contributed by atoms with van der Waals surface area (Å²) in [7, 11) is 0. The highest BCUT2D eigenvalue weighted by atomic mass is 35.5. The number of nitrogens with zero attached hydrogens (tertiary/aromatic N) is 1. The van der Waals surface area contributed by atoms with Crippen LogP contribution in [0, 0.1) is 12.3 Å². The zero-order valence-corrected chi connectivity index (χ0v) is 27.7. The van der Waals surface area contributed by atoms with Crippen LogP contribution in [0.1, 0.15) is 37.7 Å². The standard InChI is InChI=1S/C30H41ClN8O10/c1-12-16-5-4-6-17(31)24(16)49-23(12)22(42)21(29(47)48)38-25(43)13(2)35-27(45)19(11-40)37-26(44)18(36-28(46)20(32)14(3)41)9-15-7-8-39(10-15)30(33)34/h4-7,13-14,18-22,40-42H,8-11,32H2,1-3H3,(H3,33,34)(H,35,45)(H,36,46)(H,37,44)(H,38,43)(H,47,48). The number of halogens is 1. The number of carboxylic acid groups (broad SMARTS) is 1. The zero-order valence-electron chi connectivity index (χ0n) is 26.9. The van der Waals surface area contributed by atoms with Gasteiger partial charge in [0.15, 0.2) is 17.6 Å². The molecule has 2 heterocycles. The first-order valence-electron chi connectivity index (χ1n) is 15.1. The van der Waals surface area contributed by atoms with Gasteiger partial charge in [-0.3, -0.25) is 24.6 Å². The van der Waals surface area contributed by atoms with Crippen LogP contribution in [0.3, 0.4) is 0 Å². The van der Waals surface area contributed by atoms with Crippen LogP contribution < -0.4 is 32.7 Å². The van der Waals surface area contributed by atoms with E-state index in [2.05, 4.69) is 21.3 Å². The van der Waals surface area contributed by atoms with Gasteiger partial charge in [-0.25, -0.2) is 4.79 Å². The predicted molar refractivity (Wildman–Crippen MR) is 175 cm³/mol. The largest absolute Gasteiger partial charge is 0.480 e. The highest BCUT2D eigenvalue weighted by Crippen LogP contribution is 2.34. The minimum absolute atomic E-state index is 0.0950. The molecule has 0 radical (unpaired) electrons. The molecular formula is C30H41ClN8O10. The van der Waals surface area contributed by atoms with Crippen LogP contribution in [0.25, 0.3) is 11.0 Å². The minimum atomic E-state index is -1.92. The first kappa shape index (κ1) is 38.7. The summed E-state index contributed by atoms with van der Waals surface area (Å²) >= 11 is 6.16. The van der Waals surface area contributed by atoms with Crippen molar-refractivity contribution in [2.24, 2.45) is 11.5 Å². The molecule has 0 fully saturated rings. The lowest BCUT2D eigenvalue weighted by Crippen LogP contribution is -2.59. The fourth-order valence-electron chi connectivity index (χ4n) is 4.96. The number of rotatable bonds is 15. The van der Waals surface area contributed by atoms with Gasteiger partial charge < -0.3 is 62.5 Å². The van der Waals surface area contributed by atoms with E-state index in [4.69, 9.17) is 32.9 Å². The van der Waals surface area contributed by atoms with Gasteiger partial charge in [0.1, 0.15) is 36.0 Å². The number of aliphatic carboxylic acids is 1. The Balaban J connectivity index is 1.69. The fraction of sp³-hybridized carbons (Fsp3) is 0.467. The number of aliphatic hydroxyl groups excluding tert-OH is 3. The SMILES string of the molecule is Cc1c(C(O)C(NC(=O)C(C)NC(=O)C(CO)NC(=O)C(CC2=CCN(C(=N)N)C2)NC(=O)C(N)C(C)O)C(=O)O)oc2c(Cl)cccc12. The number of furan rings is 1. The quantitative estimate of drug-likeness (QED) is 0.0527. The Bertz CT molecular complexity index is 1630. The van der Waals surface area contributed by atoms with Crippen molar-refractivity contribution < 1.29 is 48.8 Å². The van der Waals surface area contributed by atoms with E-state index in [0.29, 0.717) is 16.5 Å². The molecule has 0 spiro atoms. The molecule has 268 valence electrons. The van der Waals surface area contributed by atoms with Crippen LogP contribution in [0.2, 0.25) is 5.02 Å². The van der Waals surface area contributed by atoms with Crippen molar-refractivity contribution >= 4 is 58.1 Å². The number of benzene rings is 1. The van der Waals surface area contributed by atoms with Crippen LogP contribution in [0.5, 0.6) is 0 Å². The van der Waals surface area contributed by atoms with Crippen LogP contribution in [-0.2, 0) is 24.0 Å². The van der Waals surface area contributed by atoms with Crippen molar-refractivity contribution in [2.75, 3.05) is 19.7 Å². The Kier molecular flexibility index (Phi) is 13.1. The van der Waals surface area contributed by atoms with E-state index in [1.807, 2.05) is 0 Å². The Hall–Kier alpha value is -4.75. The summed E-state index contributed by atoms with van der Waals surface area (Å²) < 4.78 is 5.64. The van der Waals surface area contributed by atoms with Crippen LogP contribution in [-0.4, -0.2) is 117 Å². The molecule has 7 atom stereocenters. The molecule has 3 rings (SSSR count). The lowest BCUT2D eigenvalue weighted by Gasteiger charge is -2.26. The Morgan fingerprint density at radius 1 is 1.02 bits per heavy atom. The Morgan fingerprint density at radius 3 is 2.20 bits per heavy atom. The smallest absolute Gasteiger partial charge is 0.329 e. The van der Waals surface area contributed by atoms with E-state index < -0.39 is 78.6 Å². The molecule has 0 saturated carbocycles. The summed E-state index contributed by atoms with van der Waals surface area (Å²) in [4.78, 5) is 65.5. The molecule has 1 aromatic heterocycles. The molecule has 0 aliphatic carbocycles. The number of nitrogens with one attached hydrogen (secondary N) is 5. The van der Waals surface area contributed by atoms with Gasteiger partial charge in [-0.05, 0) is 33.3 Å². The topological polar surface area (TPSA) is 307 Å². The second kappa shape index (κ2) is 16.6. The third-order valence-electron chi connectivity index (χ3n) is 7.93. The van der Waals surface area contributed by atoms with E-state index in [1.165, 1.54) is 18.7 Å². The molecule has 0 saturated heterocycles. The summed E-state index contributed by atoms with van der Waals surface area (Å²) in [5, 5.41) is 57.8. The van der Waals surface area contributed by atoms with E-state index in [-0.39, 0.29) is 41.8 Å². The maximum atomic E-state index is 13.3. The number of para-hydroxylation sites is 1. The molecule has 49 heavy (non-hydrogen) atoms. The van der Waals surface area contributed by atoms with Crippen molar-refractivity contribution in [1.29, 1.82) is 5.41 Å². The summed E-state index contributed by atoms with van der Waals surface area (Å²) in [6.45, 7) is 3.59. The van der Waals surface area contributed by atoms with Crippen molar-refractivity contribution in [3.8, 4) is 0 Å². The maximum absolute atomic E-state index is 13.3. The third kappa shape index (κ3) is 9.45. The number of guanidine groups is 1. The number of hydrogen-bond donors (Lipinski definition) is 11. The van der Waals surface area contributed by atoms with Gasteiger partial charge in [0.25, 0.3) is 0 Å². The molecule has 13 N–H and O–H groups in total. The number of carbonyl (C=O) groups excluding carboxylic acids is 4. The van der Waals surface area contributed by atoms with Crippen molar-refractivity contribution in [1.82, 2.24) is 26.2 Å². The summed E-state index contributed by atoms with van der Waals surface area (Å²) in [5.41, 5.74) is 12.5. The lowest BCUT2D eigenvalue weighted by molar-refractivity contribution is -0.146. The van der Waals surface area contributed by atoms with E-state index in [9.17, 15) is 44.4 Å². The Labute approximate surface area is 285 Å². The average molecular weight is 709 g/mol. The molecule has 1 aliphatic rings. The average Bonchev–Trinajstić information content (AvgIpc) is 3.66. The van der Waals surface area contributed by atoms with Gasteiger partial charge in [-0.2, -0.15) is 0 Å². The summed E-state index contributed by atoms with van der Waals surface area (Å²) in [5.74, 6) is -5.83. The first-order chi connectivity index (χ1) is 23.0. The van der Waals surface area contributed by atoms with Crippen molar-refractivity contribution in [2.45, 2.75) is 69.6 Å². The van der Waals surface area contributed by atoms with Gasteiger partial charge in [-0.15, -0.1) is 0 Å². The molecular weight excluding hydrogens is 668 g/mol. The fourth-order valence-corrected chi connectivity index (χ4v) is 5.18. The number of amides is 4. The number of aliphatic hydroxyl groups is 3. The normalized spacial score (nSPS) is 17.1. The maximum Gasteiger partial charge on any atom is 0.329 e. The molecule has 2 aromatic rings. The minimum Gasteiger partial charge on any atom is -0.480 e. The molecule has 1 aromatic carbocycles. The number of carboxylic acids is 1. The predicted octanol–water partition coefficient (Wildman–Crippen LogP) is -2.30. The van der Waals surface area contributed by atoms with E-state index in [1.54, 1.807) is 31.2 Å². The molecule has 4 amide bonds. The number of carbonyl (C=O) groups is 5. The summed E-state index contributed by atoms with van der Waals surface area (Å²) in [6, 6.07) is -2.86. The molecule has 1 aliphatic heterocycles. The number of aryl methyl sites for hydroxylation is 1. The summed E-state index contributed by atoms with van der Waals surface area (Å²) in [6.07, 6.45) is -1.51. The molecule has 18 nitrogen and oxygen atoms in total. The second-order valence-corrected chi connectivity index (χ2v) is 12.0. The van der Waals surface area contributed by atoms with Crippen LogP contribution in [0.15, 0.2) is 34.3 Å². The van der Waals surface area contributed by atoms with Crippen LogP contribution in [0.4, 0.5) is 0 Å². The van der Waals surface area contributed by atoms with Gasteiger partial charge in [0.05, 0.1) is 17.7 Å². The highest BCUT2D eigenvalue weighted by Gasteiger charge is 2.36. The van der Waals surface area contributed by atoms with Crippen molar-refractivity contribution in [3.05, 3.63) is 46.2 Å². The molecule has 0 bridgehead atoms. The highest BCUT2D eigenvalue weighted by molar-refractivity contribution is 6.34. The molecule has 19 heteroatoms. The van der Waals surface area contributed by atoms with E-state index >= 15 is 0 Å². The Morgan fingerprint density at radius 2 is 1.65 bits per heavy atom. The van der Waals surface area contributed by atoms with Crippen LogP contribution >= 0.6 is 11.6 Å².